The molecule has 0 spiro atoms. The predicted molar refractivity (Wildman–Crippen MR) is 70.1 cm³/mol. The van der Waals surface area contributed by atoms with Crippen LogP contribution in [0.3, 0.4) is 0 Å². The van der Waals surface area contributed by atoms with Crippen LogP contribution in [0.15, 0.2) is 6.07 Å². The van der Waals surface area contributed by atoms with Gasteiger partial charge in [-0.2, -0.15) is 0 Å². The van der Waals surface area contributed by atoms with E-state index in [-0.39, 0.29) is 21.8 Å². The van der Waals surface area contributed by atoms with Crippen LogP contribution in [0, 0.1) is 0 Å². The van der Waals surface area contributed by atoms with E-state index >= 15 is 0 Å². The monoisotopic (exact) mass is 291 g/mol. The Labute approximate surface area is 116 Å². The maximum Gasteiger partial charge on any atom is 0.254 e. The van der Waals surface area contributed by atoms with E-state index in [1.807, 2.05) is 6.92 Å². The number of hydrogen-bond donors (Lipinski definition) is 1. The molecule has 1 heterocycles. The van der Waals surface area contributed by atoms with Crippen molar-refractivity contribution in [3.8, 4) is 0 Å². The van der Waals surface area contributed by atoms with Gasteiger partial charge < -0.3 is 10.1 Å². The summed E-state index contributed by atoms with van der Waals surface area (Å²) in [5.74, 6) is -0.313. The van der Waals surface area contributed by atoms with Gasteiger partial charge in [0.1, 0.15) is 0 Å². The fraction of sp³-hybridized carbons (Fsp3) is 0.545. The van der Waals surface area contributed by atoms with Gasteiger partial charge in [-0.05, 0) is 18.9 Å². The summed E-state index contributed by atoms with van der Waals surface area (Å²) < 4.78 is 5.29. The van der Waals surface area contributed by atoms with Crippen LogP contribution >= 0.6 is 23.2 Å². The van der Waals surface area contributed by atoms with Crippen molar-refractivity contribution in [2.24, 2.45) is 0 Å². The Bertz CT molecular complexity index is 402. The molecule has 0 aliphatic rings. The molecule has 0 bridgehead atoms. The minimum absolute atomic E-state index is 0.0409. The highest BCUT2D eigenvalue weighted by Gasteiger charge is 2.12. The van der Waals surface area contributed by atoms with Crippen LogP contribution in [0.4, 0.5) is 0 Å². The van der Waals surface area contributed by atoms with E-state index in [9.17, 15) is 4.79 Å². The second-order valence-corrected chi connectivity index (χ2v) is 4.34. The Morgan fingerprint density at radius 3 is 2.89 bits per heavy atom. The first-order valence-corrected chi connectivity index (χ1v) is 6.45. The van der Waals surface area contributed by atoms with Gasteiger partial charge in [-0.3, -0.25) is 4.79 Å². The smallest absolute Gasteiger partial charge is 0.254 e. The molecule has 1 amide bonds. The topological polar surface area (TPSA) is 64.1 Å². The van der Waals surface area contributed by atoms with Gasteiger partial charge in [0.15, 0.2) is 10.3 Å². The molecule has 5 nitrogen and oxygen atoms in total. The lowest BCUT2D eigenvalue weighted by molar-refractivity contribution is 0.0941. The normalized spacial score (nSPS) is 10.4. The molecule has 1 rings (SSSR count). The summed E-state index contributed by atoms with van der Waals surface area (Å²) in [7, 11) is 0. The number of rotatable bonds is 7. The molecule has 7 heteroatoms. The summed E-state index contributed by atoms with van der Waals surface area (Å²) in [5.41, 5.74) is 0.228. The number of nitrogens with one attached hydrogen (secondary N) is 1. The minimum atomic E-state index is -0.313. The molecular weight excluding hydrogens is 277 g/mol. The number of amides is 1. The molecule has 0 unspecified atom stereocenters. The maximum absolute atomic E-state index is 11.7. The summed E-state index contributed by atoms with van der Waals surface area (Å²) >= 11 is 11.4. The molecule has 0 saturated heterocycles. The minimum Gasteiger partial charge on any atom is -0.381 e. The van der Waals surface area contributed by atoms with Gasteiger partial charge >= 0.3 is 0 Å². The Balaban J connectivity index is 2.34. The molecule has 1 aromatic heterocycles. The van der Waals surface area contributed by atoms with Gasteiger partial charge in [0.25, 0.3) is 5.91 Å². The van der Waals surface area contributed by atoms with Crippen molar-refractivity contribution in [3.05, 3.63) is 21.9 Å². The molecule has 0 radical (unpaired) electrons. The number of aromatic nitrogens is 2. The van der Waals surface area contributed by atoms with E-state index in [1.165, 1.54) is 6.07 Å². The van der Waals surface area contributed by atoms with Crippen molar-refractivity contribution < 1.29 is 9.53 Å². The molecule has 0 fully saturated rings. The lowest BCUT2D eigenvalue weighted by Gasteiger charge is -2.06. The third-order valence-corrected chi connectivity index (χ3v) is 2.53. The van der Waals surface area contributed by atoms with Crippen LogP contribution in [-0.2, 0) is 4.74 Å². The molecule has 18 heavy (non-hydrogen) atoms. The summed E-state index contributed by atoms with van der Waals surface area (Å²) in [6.07, 6.45) is 1.73. The third kappa shape index (κ3) is 5.16. The Morgan fingerprint density at radius 1 is 1.39 bits per heavy atom. The van der Waals surface area contributed by atoms with Crippen molar-refractivity contribution in [2.75, 3.05) is 19.8 Å². The Morgan fingerprint density at radius 2 is 2.17 bits per heavy atom. The fourth-order valence-electron chi connectivity index (χ4n) is 1.23. The van der Waals surface area contributed by atoms with Gasteiger partial charge in [-0.25, -0.2) is 0 Å². The molecule has 1 aromatic rings. The van der Waals surface area contributed by atoms with Crippen molar-refractivity contribution in [2.45, 2.75) is 19.8 Å². The van der Waals surface area contributed by atoms with Crippen LogP contribution in [0.5, 0.6) is 0 Å². The number of ether oxygens (including phenoxy) is 1. The van der Waals surface area contributed by atoms with E-state index in [4.69, 9.17) is 27.9 Å². The second kappa shape index (κ2) is 8.24. The van der Waals surface area contributed by atoms with Gasteiger partial charge in [0.2, 0.25) is 0 Å². The van der Waals surface area contributed by atoms with Gasteiger partial charge in [0.05, 0.1) is 5.56 Å². The summed E-state index contributed by atoms with van der Waals surface area (Å²) in [5, 5.41) is 9.99. The lowest BCUT2D eigenvalue weighted by Crippen LogP contribution is -2.26. The molecule has 1 N–H and O–H groups in total. The lowest BCUT2D eigenvalue weighted by atomic mass is 10.3. The van der Waals surface area contributed by atoms with E-state index in [1.54, 1.807) is 0 Å². The number of nitrogens with zero attached hydrogens (tertiary/aromatic N) is 2. The van der Waals surface area contributed by atoms with E-state index in [2.05, 4.69) is 15.5 Å². The van der Waals surface area contributed by atoms with Crippen LogP contribution in [-0.4, -0.2) is 35.9 Å². The number of carbonyl (C=O) groups is 1. The fourth-order valence-corrected chi connectivity index (χ4v) is 1.56. The molecule has 0 atom stereocenters. The van der Waals surface area contributed by atoms with Crippen molar-refractivity contribution in [1.29, 1.82) is 0 Å². The Kier molecular flexibility index (Phi) is 6.93. The summed E-state index contributed by atoms with van der Waals surface area (Å²) in [6, 6.07) is 1.39. The number of halogens is 2. The quantitative estimate of drug-likeness (QED) is 0.783. The van der Waals surface area contributed by atoms with E-state index in [0.717, 1.165) is 19.4 Å². The first kappa shape index (κ1) is 15.1. The van der Waals surface area contributed by atoms with Gasteiger partial charge in [-0.1, -0.05) is 30.1 Å². The van der Waals surface area contributed by atoms with Crippen LogP contribution in [0.1, 0.15) is 30.1 Å². The summed E-state index contributed by atoms with van der Waals surface area (Å²) in [6.45, 7) is 3.92. The average Bonchev–Trinajstić information content (AvgIpc) is 2.36. The zero-order valence-electron chi connectivity index (χ0n) is 10.1. The zero-order chi connectivity index (χ0) is 13.4. The van der Waals surface area contributed by atoms with E-state index < -0.39 is 0 Å². The largest absolute Gasteiger partial charge is 0.381 e. The zero-order valence-corrected chi connectivity index (χ0v) is 11.6. The third-order valence-electron chi connectivity index (χ3n) is 2.06. The molecular formula is C11H15Cl2N3O2. The van der Waals surface area contributed by atoms with Crippen LogP contribution in [0.2, 0.25) is 10.3 Å². The average molecular weight is 292 g/mol. The van der Waals surface area contributed by atoms with Gasteiger partial charge in [0, 0.05) is 19.8 Å². The van der Waals surface area contributed by atoms with Gasteiger partial charge in [-0.15, -0.1) is 10.2 Å². The molecule has 0 aromatic carbocycles. The highest BCUT2D eigenvalue weighted by atomic mass is 35.5. The molecule has 0 saturated carbocycles. The van der Waals surface area contributed by atoms with Crippen LogP contribution in [0.25, 0.3) is 0 Å². The van der Waals surface area contributed by atoms with Crippen molar-refractivity contribution in [3.63, 3.8) is 0 Å². The van der Waals surface area contributed by atoms with Crippen LogP contribution < -0.4 is 5.32 Å². The summed E-state index contributed by atoms with van der Waals surface area (Å²) in [4.78, 5) is 11.7. The van der Waals surface area contributed by atoms with E-state index in [0.29, 0.717) is 13.2 Å². The highest BCUT2D eigenvalue weighted by Crippen LogP contribution is 2.14. The highest BCUT2D eigenvalue weighted by molar-refractivity contribution is 6.34. The number of carbonyl (C=O) groups excluding carboxylic acids is 1. The second-order valence-electron chi connectivity index (χ2n) is 3.59. The predicted octanol–water partition coefficient (Wildman–Crippen LogP) is 2.33. The first-order chi connectivity index (χ1) is 8.65. The van der Waals surface area contributed by atoms with Crippen molar-refractivity contribution >= 4 is 29.1 Å². The van der Waals surface area contributed by atoms with Crippen molar-refractivity contribution in [1.82, 2.24) is 15.5 Å². The maximum atomic E-state index is 11.7. The SMILES string of the molecule is CCCOCCCNC(=O)c1cc(Cl)nnc1Cl. The number of hydrogen-bond acceptors (Lipinski definition) is 4. The Hall–Kier alpha value is -0.910. The standard InChI is InChI=1S/C11H15Cl2N3O2/c1-2-5-18-6-3-4-14-11(17)8-7-9(12)15-16-10(8)13/h7H,2-6H2,1H3,(H,14,17). The molecule has 100 valence electrons. The first-order valence-electron chi connectivity index (χ1n) is 5.69. The molecule has 0 aliphatic carbocycles. The molecule has 0 aliphatic heterocycles.